The van der Waals surface area contributed by atoms with Crippen LogP contribution in [0, 0.1) is 0 Å². The van der Waals surface area contributed by atoms with Gasteiger partial charge >= 0.3 is 10.4 Å². The molecule has 0 unspecified atom stereocenters. The number of nitrogens with one attached hydrogen (secondary N) is 4. The molecule has 9 rings (SSSR count). The standard InChI is InChI=1S/C62H104N4O49S/c1-14(74)63-27-36(83)47(22(9-71)100-54(27)94)109-55-28(64-15(2)75)37(84)49(24(11-73)105-55)111-60-46(93)51(113-62-53(43(90)34(81)21(8-70)104-62)115-57-30(66-17(4)77)39(86)50(26(108-57)13-99-116(95,96)97)112-59-45(92)41(88)32(79)19(6-68)102-59)35(82)25(107-60)12-98-61-52(42(89)33(80)20(7-69)103-61)114-56-29(65-16(3)76)38(85)48(23(10-72)106-56)110-58-44(91)40(87)31(78)18(5-67)101-58/h18-62,67-73,78-94H,5-13H2,1-4H3,(H,63,74)(H,64,75)(H,65,76)(H,66,77)(H,95,96,97)/t18-,19-,20-,21-,22-,23-,24-,25-,26-,27-,28-,29-,30-,31+,32+,33-,34-,35-,36-,37-,38-,39-,40+,41+,42+,43+,44-,45-,46+,47-,48-,49-,50-,51+,52+,53+,54-,55+,56+,57+,58+,59+,60+,61+,62-/m1/s1. The summed E-state index contributed by atoms with van der Waals surface area (Å²) in [6, 6.07) is -7.69. The van der Waals surface area contributed by atoms with Crippen LogP contribution in [0.5, 0.6) is 0 Å². The molecule has 53 nitrogen and oxygen atoms in total. The average molecular weight is 1720 g/mol. The Morgan fingerprint density at radius 3 is 0.922 bits per heavy atom. The number of carbonyl (C=O) groups is 4. The van der Waals surface area contributed by atoms with Crippen molar-refractivity contribution >= 4 is 34.0 Å². The fraction of sp³-hybridized carbons (Fsp3) is 0.935. The quantitative estimate of drug-likeness (QED) is 0.0287. The zero-order valence-electron chi connectivity index (χ0n) is 61.7. The van der Waals surface area contributed by atoms with Crippen LogP contribution in [0.2, 0.25) is 0 Å². The van der Waals surface area contributed by atoms with Crippen LogP contribution >= 0.6 is 0 Å². The van der Waals surface area contributed by atoms with Crippen molar-refractivity contribution in [1.82, 2.24) is 21.3 Å². The molecule has 116 heavy (non-hydrogen) atoms. The summed E-state index contributed by atoms with van der Waals surface area (Å²) in [5.41, 5.74) is 0. The van der Waals surface area contributed by atoms with Gasteiger partial charge in [-0.3, -0.25) is 23.7 Å². The molecule has 0 aliphatic carbocycles. The van der Waals surface area contributed by atoms with E-state index in [1.54, 1.807) is 0 Å². The fourth-order valence-electron chi connectivity index (χ4n) is 14.6. The summed E-state index contributed by atoms with van der Waals surface area (Å²) < 4.78 is 139. The van der Waals surface area contributed by atoms with Gasteiger partial charge in [0.2, 0.25) is 23.6 Å². The Morgan fingerprint density at radius 1 is 0.267 bits per heavy atom. The first-order valence-corrected chi connectivity index (χ1v) is 37.7. The third kappa shape index (κ3) is 21.8. The smallest absolute Gasteiger partial charge is 0.394 e. The predicted molar refractivity (Wildman–Crippen MR) is 354 cm³/mol. The summed E-state index contributed by atoms with van der Waals surface area (Å²) in [6.45, 7) is -6.75. The summed E-state index contributed by atoms with van der Waals surface area (Å²) in [5, 5.41) is 276. The Morgan fingerprint density at radius 2 is 0.543 bits per heavy atom. The largest absolute Gasteiger partial charge is 0.397 e. The molecule has 672 valence electrons. The molecule has 9 aliphatic rings. The molecule has 0 aromatic rings. The van der Waals surface area contributed by atoms with Crippen molar-refractivity contribution in [3.05, 3.63) is 0 Å². The molecule has 0 radical (unpaired) electrons. The van der Waals surface area contributed by atoms with E-state index in [9.17, 15) is 155 Å². The van der Waals surface area contributed by atoms with E-state index in [-0.39, 0.29) is 0 Å². The van der Waals surface area contributed by atoms with E-state index in [0.29, 0.717) is 0 Å². The van der Waals surface area contributed by atoms with Gasteiger partial charge in [-0.25, -0.2) is 4.18 Å². The van der Waals surface area contributed by atoms with Crippen LogP contribution in [0.4, 0.5) is 0 Å². The van der Waals surface area contributed by atoms with Gasteiger partial charge in [-0.05, 0) is 0 Å². The first-order valence-electron chi connectivity index (χ1n) is 36.3. The molecule has 29 N–H and O–H groups in total. The number of aliphatic hydroxyl groups is 24. The van der Waals surface area contributed by atoms with Gasteiger partial charge in [0.25, 0.3) is 0 Å². The van der Waals surface area contributed by atoms with Gasteiger partial charge < -0.3 is 224 Å². The van der Waals surface area contributed by atoms with E-state index < -0.39 is 370 Å². The maximum absolute atomic E-state index is 13.0. The average Bonchev–Trinajstić information content (AvgIpc) is 0.763. The number of rotatable bonds is 31. The van der Waals surface area contributed by atoms with E-state index in [2.05, 4.69) is 25.5 Å². The molecule has 9 saturated heterocycles. The molecule has 9 heterocycles. The monoisotopic (exact) mass is 1720 g/mol. The summed E-state index contributed by atoms with van der Waals surface area (Å²) in [5.74, 6) is -3.79. The van der Waals surface area contributed by atoms with E-state index >= 15 is 0 Å². The number of hydrogen-bond acceptors (Lipinski definition) is 48. The number of ether oxygens (including phenoxy) is 17. The van der Waals surface area contributed by atoms with E-state index in [0.717, 1.165) is 27.7 Å². The van der Waals surface area contributed by atoms with Crippen LogP contribution < -0.4 is 21.3 Å². The second-order valence-electron chi connectivity index (χ2n) is 28.7. The van der Waals surface area contributed by atoms with Crippen LogP contribution in [0.1, 0.15) is 27.7 Å². The van der Waals surface area contributed by atoms with E-state index in [1.807, 2.05) is 0 Å². The highest BCUT2D eigenvalue weighted by Crippen LogP contribution is 2.40. The Kier molecular flexibility index (Phi) is 34.3. The fourth-order valence-corrected chi connectivity index (χ4v) is 14.9. The topological polar surface area (TPSA) is 822 Å². The highest BCUT2D eigenvalue weighted by Gasteiger charge is 2.61. The third-order valence-corrected chi connectivity index (χ3v) is 21.0. The van der Waals surface area contributed by atoms with Crippen molar-refractivity contribution in [2.45, 2.75) is 304 Å². The third-order valence-electron chi connectivity index (χ3n) is 20.6. The molecule has 0 aromatic carbocycles. The maximum atomic E-state index is 13.0. The highest BCUT2D eigenvalue weighted by molar-refractivity contribution is 7.80. The van der Waals surface area contributed by atoms with Crippen molar-refractivity contribution in [1.29, 1.82) is 0 Å². The van der Waals surface area contributed by atoms with Gasteiger partial charge in [-0.1, -0.05) is 0 Å². The summed E-state index contributed by atoms with van der Waals surface area (Å²) in [7, 11) is -5.51. The van der Waals surface area contributed by atoms with Crippen molar-refractivity contribution in [3.63, 3.8) is 0 Å². The molecule has 9 fully saturated rings. The number of amides is 4. The van der Waals surface area contributed by atoms with Crippen LogP contribution in [0.25, 0.3) is 0 Å². The summed E-state index contributed by atoms with van der Waals surface area (Å²) in [6.07, 6.45) is -88.4. The minimum Gasteiger partial charge on any atom is -0.394 e. The van der Waals surface area contributed by atoms with Gasteiger partial charge in [-0.15, -0.1) is 0 Å². The first-order chi connectivity index (χ1) is 54.6. The molecule has 0 spiro atoms. The minimum atomic E-state index is -5.51. The zero-order valence-corrected chi connectivity index (χ0v) is 62.5. The van der Waals surface area contributed by atoms with Gasteiger partial charge in [0.05, 0.1) is 59.5 Å². The van der Waals surface area contributed by atoms with Gasteiger partial charge in [0.1, 0.15) is 219 Å². The molecule has 54 heteroatoms. The van der Waals surface area contributed by atoms with Gasteiger partial charge in [0.15, 0.2) is 56.6 Å². The predicted octanol–water partition coefficient (Wildman–Crippen LogP) is -20.2. The molecule has 0 saturated carbocycles. The van der Waals surface area contributed by atoms with Crippen molar-refractivity contribution in [3.8, 4) is 0 Å². The zero-order chi connectivity index (χ0) is 85.7. The lowest BCUT2D eigenvalue weighted by Crippen LogP contribution is -2.71. The van der Waals surface area contributed by atoms with Crippen LogP contribution in [-0.4, -0.2) is 495 Å². The normalized spacial score (nSPS) is 47.8. The number of aliphatic hydroxyl groups excluding tert-OH is 24. The number of hydrogen-bond donors (Lipinski definition) is 29. The lowest BCUT2D eigenvalue weighted by atomic mass is 9.93. The Hall–Kier alpha value is -3.89. The van der Waals surface area contributed by atoms with Crippen LogP contribution in [0.3, 0.4) is 0 Å². The van der Waals surface area contributed by atoms with E-state index in [4.69, 9.17) is 80.5 Å². The molecule has 4 amide bonds. The number of carbonyl (C=O) groups excluding carboxylic acids is 4. The van der Waals surface area contributed by atoms with Gasteiger partial charge in [0, 0.05) is 27.7 Å². The lowest BCUT2D eigenvalue weighted by molar-refractivity contribution is -0.399. The van der Waals surface area contributed by atoms with Gasteiger partial charge in [-0.2, -0.15) is 8.42 Å². The SMILES string of the molecule is CC(=O)N[C@@H]1[C@@H](O)[C@H](O[C@@H]2O[C@H](CO)[C@@H](O[C@@H]3O[C@H](CO[C@H]4O[C@H](CO)[C@@H](O)[C@H](O)[C@@H]4O[C@@H]4O[C@H](CO)[C@@H](O[C@@H]5O[C@H](CO)[C@H](O)[C@H](O)[C@H]5O)[C@H](O)[C@H]4NC(C)=O)[C@@H](O)[C@H](O[C@H]4O[C@H](CO)[C@@H](O)[C@H](O)[C@@H]4O[C@@H]4O[C@H](COS(=O)(=O)O)[C@@H](O[C@@H]5O[C@H](CO)[C@H](O)[C@H](O)[C@H]5O)[C@H](O)[C@H]4NC(C)=O)[C@@H]3O)[C@H](O)[C@H]2NC(C)=O)[C@@H](CO)O[C@H]1O. The second-order valence-corrected chi connectivity index (χ2v) is 29.8. The Bertz CT molecular complexity index is 3250. The Balaban J connectivity index is 1.07. The highest BCUT2D eigenvalue weighted by atomic mass is 32.3. The van der Waals surface area contributed by atoms with Crippen molar-refractivity contribution < 1.29 is 239 Å². The summed E-state index contributed by atoms with van der Waals surface area (Å²) in [4.78, 5) is 51.1. The first kappa shape index (κ1) is 95.9. The molecular weight excluding hydrogens is 1620 g/mol. The van der Waals surface area contributed by atoms with Crippen molar-refractivity contribution in [2.24, 2.45) is 0 Å². The molecule has 45 atom stereocenters. The van der Waals surface area contributed by atoms with Crippen LogP contribution in [-0.2, 0) is 114 Å². The molecular formula is C62H104N4O49S. The van der Waals surface area contributed by atoms with Crippen molar-refractivity contribution in [2.75, 3.05) is 59.5 Å². The molecule has 0 aromatic heterocycles. The summed E-state index contributed by atoms with van der Waals surface area (Å²) >= 11 is 0. The second kappa shape index (κ2) is 41.5. The van der Waals surface area contributed by atoms with E-state index in [1.165, 1.54) is 0 Å². The van der Waals surface area contributed by atoms with Crippen LogP contribution in [0.15, 0.2) is 0 Å². The minimum absolute atomic E-state index is 0.806. The lowest BCUT2D eigenvalue weighted by Gasteiger charge is -2.51. The molecule has 9 aliphatic heterocycles. The Labute approximate surface area is 656 Å². The maximum Gasteiger partial charge on any atom is 0.397 e. The molecule has 0 bridgehead atoms.